The molecule has 0 amide bonds. The number of sulfonamides is 1. The van der Waals surface area contributed by atoms with Crippen molar-refractivity contribution in [2.24, 2.45) is 0 Å². The fourth-order valence-corrected chi connectivity index (χ4v) is 3.18. The van der Waals surface area contributed by atoms with Gasteiger partial charge in [-0.2, -0.15) is 11.8 Å². The van der Waals surface area contributed by atoms with Crippen LogP contribution in [0, 0.1) is 0 Å². The van der Waals surface area contributed by atoms with E-state index in [1.54, 1.807) is 0 Å². The van der Waals surface area contributed by atoms with Crippen LogP contribution in [0.25, 0.3) is 0 Å². The first-order valence-electron chi connectivity index (χ1n) is 5.64. The Morgan fingerprint density at radius 1 is 1.12 bits per heavy atom. The van der Waals surface area contributed by atoms with Crippen molar-refractivity contribution in [3.63, 3.8) is 0 Å². The highest BCUT2D eigenvalue weighted by Crippen LogP contribution is 2.04. The lowest BCUT2D eigenvalue weighted by Crippen LogP contribution is -2.27. The average molecular weight is 288 g/mol. The molecule has 0 aliphatic heterocycles. The largest absolute Gasteiger partial charge is 0.215 e. The third-order valence-electron chi connectivity index (χ3n) is 2.14. The molecule has 0 heterocycles. The van der Waals surface area contributed by atoms with Crippen molar-refractivity contribution in [2.45, 2.75) is 32.1 Å². The molecule has 3 nitrogen and oxygen atoms in total. The molecule has 0 atom stereocenters. The van der Waals surface area contributed by atoms with E-state index < -0.39 is 10.0 Å². The van der Waals surface area contributed by atoms with Crippen LogP contribution in [0.4, 0.5) is 0 Å². The lowest BCUT2D eigenvalue weighted by molar-refractivity contribution is 0.572. The SMILES string of the molecule is CSCCCCCCNS(=O)(=O)CCCCl. The Labute approximate surface area is 109 Å². The van der Waals surface area contributed by atoms with E-state index in [9.17, 15) is 8.42 Å². The smallest absolute Gasteiger partial charge is 0.211 e. The van der Waals surface area contributed by atoms with E-state index in [0.29, 0.717) is 18.8 Å². The Hall–Kier alpha value is 0.550. The van der Waals surface area contributed by atoms with E-state index >= 15 is 0 Å². The Morgan fingerprint density at radius 3 is 2.44 bits per heavy atom. The van der Waals surface area contributed by atoms with Crippen LogP contribution in [0.1, 0.15) is 32.1 Å². The number of hydrogen-bond donors (Lipinski definition) is 1. The maximum Gasteiger partial charge on any atom is 0.211 e. The van der Waals surface area contributed by atoms with Gasteiger partial charge in [-0.3, -0.25) is 0 Å². The van der Waals surface area contributed by atoms with Gasteiger partial charge in [0.1, 0.15) is 0 Å². The van der Waals surface area contributed by atoms with Crippen LogP contribution in [0.5, 0.6) is 0 Å². The molecule has 0 saturated heterocycles. The van der Waals surface area contributed by atoms with Crippen molar-refractivity contribution >= 4 is 33.4 Å². The number of unbranched alkanes of at least 4 members (excludes halogenated alkanes) is 3. The standard InChI is InChI=1S/C10H22ClNO2S2/c1-15-9-5-3-2-4-8-12-16(13,14)10-6-7-11/h12H,2-10H2,1H3. The second kappa shape index (κ2) is 10.7. The molecule has 6 heteroatoms. The lowest BCUT2D eigenvalue weighted by Gasteiger charge is -2.05. The summed E-state index contributed by atoms with van der Waals surface area (Å²) in [5.74, 6) is 1.74. The third kappa shape index (κ3) is 11.0. The minimum Gasteiger partial charge on any atom is -0.215 e. The molecule has 0 fully saturated rings. The third-order valence-corrected chi connectivity index (χ3v) is 4.58. The van der Waals surface area contributed by atoms with Gasteiger partial charge >= 0.3 is 0 Å². The molecule has 0 aliphatic carbocycles. The molecule has 0 aromatic carbocycles. The predicted octanol–water partition coefficient (Wildman–Crippen LogP) is 2.46. The van der Waals surface area contributed by atoms with Crippen LogP contribution < -0.4 is 4.72 Å². The van der Waals surface area contributed by atoms with E-state index in [4.69, 9.17) is 11.6 Å². The van der Waals surface area contributed by atoms with E-state index in [-0.39, 0.29) is 5.75 Å². The van der Waals surface area contributed by atoms with Crippen LogP contribution in [-0.2, 0) is 10.0 Å². The van der Waals surface area contributed by atoms with E-state index in [1.807, 2.05) is 11.8 Å². The van der Waals surface area contributed by atoms with Gasteiger partial charge in [0.2, 0.25) is 10.0 Å². The second-order valence-corrected chi connectivity index (χ2v) is 6.95. The predicted molar refractivity (Wildman–Crippen MR) is 74.0 cm³/mol. The monoisotopic (exact) mass is 287 g/mol. The van der Waals surface area contributed by atoms with Crippen LogP contribution in [-0.4, -0.2) is 38.6 Å². The molecule has 0 aromatic heterocycles. The number of alkyl halides is 1. The summed E-state index contributed by atoms with van der Waals surface area (Å²) >= 11 is 7.30. The minimum absolute atomic E-state index is 0.142. The van der Waals surface area contributed by atoms with Crippen molar-refractivity contribution in [3.05, 3.63) is 0 Å². The topological polar surface area (TPSA) is 46.2 Å². The number of halogens is 1. The molecule has 0 aromatic rings. The Kier molecular flexibility index (Phi) is 11.1. The van der Waals surface area contributed by atoms with E-state index in [2.05, 4.69) is 11.0 Å². The first-order valence-corrected chi connectivity index (χ1v) is 9.22. The maximum absolute atomic E-state index is 11.4. The molecule has 98 valence electrons. The highest BCUT2D eigenvalue weighted by atomic mass is 35.5. The number of hydrogen-bond acceptors (Lipinski definition) is 3. The summed E-state index contributed by atoms with van der Waals surface area (Å²) in [6.07, 6.45) is 7.05. The van der Waals surface area contributed by atoms with Gasteiger partial charge in [0, 0.05) is 12.4 Å². The zero-order valence-electron chi connectivity index (χ0n) is 9.87. The number of rotatable bonds is 11. The molecule has 16 heavy (non-hydrogen) atoms. The van der Waals surface area contributed by atoms with Crippen molar-refractivity contribution in [3.8, 4) is 0 Å². The van der Waals surface area contributed by atoms with E-state index in [1.165, 1.54) is 18.6 Å². The molecule has 0 spiro atoms. The number of nitrogens with one attached hydrogen (secondary N) is 1. The fraction of sp³-hybridized carbons (Fsp3) is 1.00. The van der Waals surface area contributed by atoms with Gasteiger partial charge in [0.15, 0.2) is 0 Å². The summed E-state index contributed by atoms with van der Waals surface area (Å²) in [5, 5.41) is 0. The highest BCUT2D eigenvalue weighted by Gasteiger charge is 2.07. The second-order valence-electron chi connectivity index (χ2n) is 3.66. The van der Waals surface area contributed by atoms with E-state index in [0.717, 1.165) is 12.8 Å². The zero-order chi connectivity index (χ0) is 12.3. The summed E-state index contributed by atoms with van der Waals surface area (Å²) in [6, 6.07) is 0. The Bertz CT molecular complexity index is 245. The molecule has 0 radical (unpaired) electrons. The first kappa shape index (κ1) is 16.6. The van der Waals surface area contributed by atoms with Crippen molar-refractivity contribution in [1.82, 2.24) is 4.72 Å². The molecule has 1 N–H and O–H groups in total. The normalized spacial score (nSPS) is 11.9. The zero-order valence-corrected chi connectivity index (χ0v) is 12.3. The molecular weight excluding hydrogens is 266 g/mol. The van der Waals surface area contributed by atoms with Gasteiger partial charge in [-0.05, 0) is 31.3 Å². The quantitative estimate of drug-likeness (QED) is 0.469. The van der Waals surface area contributed by atoms with Gasteiger partial charge in [-0.15, -0.1) is 11.6 Å². The van der Waals surface area contributed by atoms with Crippen molar-refractivity contribution in [2.75, 3.05) is 30.2 Å². The summed E-state index contributed by atoms with van der Waals surface area (Å²) < 4.78 is 25.3. The van der Waals surface area contributed by atoms with Gasteiger partial charge in [-0.25, -0.2) is 13.1 Å². The Balaban J connectivity index is 3.36. The van der Waals surface area contributed by atoms with Gasteiger partial charge in [0.25, 0.3) is 0 Å². The lowest BCUT2D eigenvalue weighted by atomic mass is 10.2. The van der Waals surface area contributed by atoms with Crippen LogP contribution in [0.15, 0.2) is 0 Å². The molecule has 0 unspecified atom stereocenters. The van der Waals surface area contributed by atoms with Crippen LogP contribution in [0.3, 0.4) is 0 Å². The average Bonchev–Trinajstić information content (AvgIpc) is 2.25. The Morgan fingerprint density at radius 2 is 1.81 bits per heavy atom. The maximum atomic E-state index is 11.4. The minimum atomic E-state index is -3.08. The number of thioether (sulfide) groups is 1. The molecule has 0 aliphatic rings. The fourth-order valence-electron chi connectivity index (χ4n) is 1.27. The molecular formula is C10H22ClNO2S2. The van der Waals surface area contributed by atoms with Crippen molar-refractivity contribution in [1.29, 1.82) is 0 Å². The first-order chi connectivity index (χ1) is 7.62. The van der Waals surface area contributed by atoms with Gasteiger partial charge in [-0.1, -0.05) is 12.8 Å². The van der Waals surface area contributed by atoms with Gasteiger partial charge in [0.05, 0.1) is 5.75 Å². The van der Waals surface area contributed by atoms with Crippen LogP contribution >= 0.6 is 23.4 Å². The summed E-state index contributed by atoms with van der Waals surface area (Å²) in [6.45, 7) is 0.559. The molecule has 0 rings (SSSR count). The molecule has 0 saturated carbocycles. The summed E-state index contributed by atoms with van der Waals surface area (Å²) in [7, 11) is -3.08. The van der Waals surface area contributed by atoms with Crippen molar-refractivity contribution < 1.29 is 8.42 Å². The van der Waals surface area contributed by atoms with Crippen LogP contribution in [0.2, 0.25) is 0 Å². The van der Waals surface area contributed by atoms with Gasteiger partial charge < -0.3 is 0 Å². The summed E-state index contributed by atoms with van der Waals surface area (Å²) in [5.41, 5.74) is 0. The molecule has 0 bridgehead atoms. The highest BCUT2D eigenvalue weighted by molar-refractivity contribution is 7.98. The summed E-state index contributed by atoms with van der Waals surface area (Å²) in [4.78, 5) is 0.